The van der Waals surface area contributed by atoms with Gasteiger partial charge in [0.05, 0.1) is 5.69 Å². The third kappa shape index (κ3) is 3.06. The van der Waals surface area contributed by atoms with Crippen molar-refractivity contribution in [2.24, 2.45) is 12.8 Å². The number of aryl methyl sites for hydroxylation is 1. The Labute approximate surface area is 89.2 Å². The van der Waals surface area contributed by atoms with Gasteiger partial charge in [-0.1, -0.05) is 0 Å². The van der Waals surface area contributed by atoms with Gasteiger partial charge in [0.25, 0.3) is 0 Å². The van der Waals surface area contributed by atoms with Crippen molar-refractivity contribution in [1.82, 2.24) is 9.78 Å². The molecule has 0 saturated heterocycles. The van der Waals surface area contributed by atoms with Gasteiger partial charge in [0, 0.05) is 13.6 Å². The van der Waals surface area contributed by atoms with E-state index in [2.05, 4.69) is 5.10 Å². The topological polar surface area (TPSA) is 70.1 Å². The first-order valence-corrected chi connectivity index (χ1v) is 4.80. The summed E-state index contributed by atoms with van der Waals surface area (Å²) in [6.45, 7) is 5.79. The molecule has 0 aliphatic carbocycles. The van der Waals surface area contributed by atoms with E-state index in [1.165, 1.54) is 4.68 Å². The van der Waals surface area contributed by atoms with Gasteiger partial charge in [0.15, 0.2) is 0 Å². The van der Waals surface area contributed by atoms with Crippen LogP contribution in [-0.2, 0) is 18.3 Å². The molecule has 0 radical (unpaired) electrons. The standard InChI is InChI=1S/C10H17N3O2/c1-10(2,3)15-9(14)8-5-7(6-11)12-13(8)4/h5H,6,11H2,1-4H3. The minimum atomic E-state index is -0.496. The normalized spacial score (nSPS) is 11.5. The van der Waals surface area contributed by atoms with Crippen LogP contribution in [0.15, 0.2) is 6.07 Å². The SMILES string of the molecule is Cn1nc(CN)cc1C(=O)OC(C)(C)C. The van der Waals surface area contributed by atoms with Gasteiger partial charge >= 0.3 is 5.97 Å². The van der Waals surface area contributed by atoms with E-state index < -0.39 is 5.60 Å². The Bertz CT molecular complexity index is 363. The molecule has 0 amide bonds. The van der Waals surface area contributed by atoms with Gasteiger partial charge in [-0.15, -0.1) is 0 Å². The van der Waals surface area contributed by atoms with Gasteiger partial charge in [-0.3, -0.25) is 4.68 Å². The second-order valence-electron chi connectivity index (χ2n) is 4.35. The molecule has 1 rings (SSSR count). The Balaban J connectivity index is 2.87. The predicted molar refractivity (Wildman–Crippen MR) is 56.3 cm³/mol. The van der Waals surface area contributed by atoms with Gasteiger partial charge in [0.2, 0.25) is 0 Å². The molecule has 5 heteroatoms. The smallest absolute Gasteiger partial charge is 0.357 e. The monoisotopic (exact) mass is 211 g/mol. The van der Waals surface area contributed by atoms with Gasteiger partial charge in [-0.2, -0.15) is 5.10 Å². The summed E-state index contributed by atoms with van der Waals surface area (Å²) in [6.07, 6.45) is 0. The molecule has 15 heavy (non-hydrogen) atoms. The highest BCUT2D eigenvalue weighted by Gasteiger charge is 2.20. The summed E-state index contributed by atoms with van der Waals surface area (Å²) >= 11 is 0. The van der Waals surface area contributed by atoms with Crippen molar-refractivity contribution in [2.75, 3.05) is 0 Å². The van der Waals surface area contributed by atoms with Gasteiger partial charge in [-0.25, -0.2) is 4.79 Å². The molecule has 1 aromatic rings. The summed E-state index contributed by atoms with van der Waals surface area (Å²) in [4.78, 5) is 11.7. The molecule has 0 atom stereocenters. The van der Waals surface area contributed by atoms with E-state index in [9.17, 15) is 4.79 Å². The van der Waals surface area contributed by atoms with Crippen molar-refractivity contribution < 1.29 is 9.53 Å². The van der Waals surface area contributed by atoms with Crippen molar-refractivity contribution >= 4 is 5.97 Å². The second-order valence-corrected chi connectivity index (χ2v) is 4.35. The van der Waals surface area contributed by atoms with Crippen LogP contribution < -0.4 is 5.73 Å². The van der Waals surface area contributed by atoms with Crippen molar-refractivity contribution in [1.29, 1.82) is 0 Å². The molecule has 0 unspecified atom stereocenters. The largest absolute Gasteiger partial charge is 0.455 e. The minimum absolute atomic E-state index is 0.316. The molecule has 0 fully saturated rings. The average molecular weight is 211 g/mol. The maximum absolute atomic E-state index is 11.7. The molecule has 0 spiro atoms. The van der Waals surface area contributed by atoms with Crippen LogP contribution in [0.3, 0.4) is 0 Å². The summed E-state index contributed by atoms with van der Waals surface area (Å²) in [5, 5.41) is 4.07. The molecule has 0 aromatic carbocycles. The van der Waals surface area contributed by atoms with Crippen LogP contribution >= 0.6 is 0 Å². The van der Waals surface area contributed by atoms with Gasteiger partial charge < -0.3 is 10.5 Å². The fourth-order valence-corrected chi connectivity index (χ4v) is 1.15. The zero-order chi connectivity index (χ0) is 11.6. The summed E-state index contributed by atoms with van der Waals surface area (Å²) in [5.41, 5.74) is 6.04. The lowest BCUT2D eigenvalue weighted by atomic mass is 10.2. The molecule has 0 bridgehead atoms. The molecular formula is C10H17N3O2. The van der Waals surface area contributed by atoms with E-state index in [0.29, 0.717) is 17.9 Å². The van der Waals surface area contributed by atoms with E-state index in [1.807, 2.05) is 20.8 Å². The van der Waals surface area contributed by atoms with E-state index >= 15 is 0 Å². The molecule has 0 aliphatic heterocycles. The number of aromatic nitrogens is 2. The summed E-state index contributed by atoms with van der Waals surface area (Å²) in [7, 11) is 1.69. The zero-order valence-electron chi connectivity index (χ0n) is 9.57. The number of ether oxygens (including phenoxy) is 1. The molecule has 1 heterocycles. The maximum atomic E-state index is 11.7. The highest BCUT2D eigenvalue weighted by molar-refractivity contribution is 5.87. The third-order valence-electron chi connectivity index (χ3n) is 1.75. The quantitative estimate of drug-likeness (QED) is 0.736. The maximum Gasteiger partial charge on any atom is 0.357 e. The predicted octanol–water partition coefficient (Wildman–Crippen LogP) is 0.834. The number of hydrogen-bond donors (Lipinski definition) is 1. The summed E-state index contributed by atoms with van der Waals surface area (Å²) in [6, 6.07) is 1.65. The summed E-state index contributed by atoms with van der Waals surface area (Å²) in [5.74, 6) is -0.378. The highest BCUT2D eigenvalue weighted by Crippen LogP contribution is 2.12. The van der Waals surface area contributed by atoms with E-state index in [0.717, 1.165) is 0 Å². The van der Waals surface area contributed by atoms with Crippen molar-refractivity contribution in [3.63, 3.8) is 0 Å². The molecule has 84 valence electrons. The number of rotatable bonds is 2. The van der Waals surface area contributed by atoms with Crippen LogP contribution in [0.25, 0.3) is 0 Å². The Kier molecular flexibility index (Phi) is 3.14. The van der Waals surface area contributed by atoms with Gasteiger partial charge in [0.1, 0.15) is 11.3 Å². The molecule has 1 aromatic heterocycles. The fraction of sp³-hybridized carbons (Fsp3) is 0.600. The average Bonchev–Trinajstić information content (AvgIpc) is 2.43. The number of hydrogen-bond acceptors (Lipinski definition) is 4. The van der Waals surface area contributed by atoms with Crippen LogP contribution in [0.2, 0.25) is 0 Å². The van der Waals surface area contributed by atoms with Crippen LogP contribution in [0.4, 0.5) is 0 Å². The molecular weight excluding hydrogens is 194 g/mol. The highest BCUT2D eigenvalue weighted by atomic mass is 16.6. The van der Waals surface area contributed by atoms with Crippen LogP contribution in [0, 0.1) is 0 Å². The lowest BCUT2D eigenvalue weighted by molar-refractivity contribution is 0.00576. The first-order valence-electron chi connectivity index (χ1n) is 4.80. The number of carbonyl (C=O) groups excluding carboxylic acids is 1. The summed E-state index contributed by atoms with van der Waals surface area (Å²) < 4.78 is 6.70. The number of nitrogens with two attached hydrogens (primary N) is 1. The van der Waals surface area contributed by atoms with Gasteiger partial charge in [-0.05, 0) is 26.8 Å². The number of esters is 1. The Morgan fingerprint density at radius 3 is 2.60 bits per heavy atom. The van der Waals surface area contributed by atoms with Crippen molar-refractivity contribution in [3.05, 3.63) is 17.5 Å². The third-order valence-corrected chi connectivity index (χ3v) is 1.75. The first-order chi connectivity index (χ1) is 6.83. The van der Waals surface area contributed by atoms with Crippen LogP contribution in [0.1, 0.15) is 37.0 Å². The van der Waals surface area contributed by atoms with Crippen molar-refractivity contribution in [3.8, 4) is 0 Å². The Hall–Kier alpha value is -1.36. The molecule has 2 N–H and O–H groups in total. The van der Waals surface area contributed by atoms with Crippen LogP contribution in [-0.4, -0.2) is 21.4 Å². The molecule has 0 saturated carbocycles. The lowest BCUT2D eigenvalue weighted by Crippen LogP contribution is -2.25. The zero-order valence-corrected chi connectivity index (χ0v) is 9.57. The Morgan fingerprint density at radius 1 is 1.60 bits per heavy atom. The van der Waals surface area contributed by atoms with Crippen molar-refractivity contribution in [2.45, 2.75) is 32.9 Å². The van der Waals surface area contributed by atoms with E-state index in [1.54, 1.807) is 13.1 Å². The first kappa shape index (κ1) is 11.7. The van der Waals surface area contributed by atoms with E-state index in [-0.39, 0.29) is 5.97 Å². The second kappa shape index (κ2) is 4.02. The molecule has 5 nitrogen and oxygen atoms in total. The van der Waals surface area contributed by atoms with E-state index in [4.69, 9.17) is 10.5 Å². The lowest BCUT2D eigenvalue weighted by Gasteiger charge is -2.19. The number of nitrogens with zero attached hydrogens (tertiary/aromatic N) is 2. The van der Waals surface area contributed by atoms with Crippen LogP contribution in [0.5, 0.6) is 0 Å². The number of carbonyl (C=O) groups is 1. The molecule has 0 aliphatic rings. The Morgan fingerprint density at radius 2 is 2.20 bits per heavy atom. The fourth-order valence-electron chi connectivity index (χ4n) is 1.15. The minimum Gasteiger partial charge on any atom is -0.455 e.